The van der Waals surface area contributed by atoms with Gasteiger partial charge in [0.1, 0.15) is 6.33 Å². The molecule has 7 heteroatoms. The van der Waals surface area contributed by atoms with E-state index in [9.17, 15) is 8.42 Å². The second kappa shape index (κ2) is 4.77. The quantitative estimate of drug-likeness (QED) is 0.895. The third kappa shape index (κ3) is 3.30. The first-order valence-electron chi connectivity index (χ1n) is 5.36. The lowest BCUT2D eigenvalue weighted by Gasteiger charge is -2.04. The molecule has 18 heavy (non-hydrogen) atoms. The average Bonchev–Trinajstić information content (AvgIpc) is 2.66. The van der Waals surface area contributed by atoms with Gasteiger partial charge in [-0.05, 0) is 18.1 Å². The molecule has 0 aliphatic carbocycles. The summed E-state index contributed by atoms with van der Waals surface area (Å²) in [6, 6.07) is 7.94. The van der Waals surface area contributed by atoms with Crippen LogP contribution in [0.15, 0.2) is 30.6 Å². The molecule has 6 nitrogen and oxygen atoms in total. The molecular formula is C11H14N4O2S. The third-order valence-corrected chi connectivity index (χ3v) is 2.96. The van der Waals surface area contributed by atoms with Crippen molar-refractivity contribution in [3.05, 3.63) is 41.7 Å². The first-order valence-corrected chi connectivity index (χ1v) is 7.25. The van der Waals surface area contributed by atoms with Crippen molar-refractivity contribution in [2.45, 2.75) is 13.5 Å². The molecular weight excluding hydrogens is 252 g/mol. The van der Waals surface area contributed by atoms with Crippen molar-refractivity contribution < 1.29 is 8.42 Å². The Morgan fingerprint density at radius 2 is 2.06 bits per heavy atom. The van der Waals surface area contributed by atoms with Gasteiger partial charge in [-0.25, -0.2) is 13.1 Å². The molecule has 1 aromatic carbocycles. The van der Waals surface area contributed by atoms with Gasteiger partial charge in [0.15, 0.2) is 0 Å². The van der Waals surface area contributed by atoms with E-state index in [1.54, 1.807) is 4.68 Å². The van der Waals surface area contributed by atoms with Crippen molar-refractivity contribution in [1.29, 1.82) is 0 Å². The third-order valence-electron chi connectivity index (χ3n) is 2.41. The fraction of sp³-hybridized carbons (Fsp3) is 0.273. The molecule has 0 unspecified atom stereocenters. The summed E-state index contributed by atoms with van der Waals surface area (Å²) in [5, 5.41) is 4.05. The number of anilines is 1. The number of rotatable bonds is 4. The molecule has 1 N–H and O–H groups in total. The number of sulfonamides is 1. The number of hydrogen-bond donors (Lipinski definition) is 1. The lowest BCUT2D eigenvalue weighted by atomic mass is 10.1. The number of aryl methyl sites for hydroxylation is 1. The van der Waals surface area contributed by atoms with Crippen molar-refractivity contribution in [1.82, 2.24) is 14.8 Å². The number of hydrogen-bond acceptors (Lipinski definition) is 4. The Morgan fingerprint density at radius 1 is 1.33 bits per heavy atom. The summed E-state index contributed by atoms with van der Waals surface area (Å²) in [6.45, 7) is 2.58. The van der Waals surface area contributed by atoms with Gasteiger partial charge in [-0.15, -0.1) is 5.10 Å². The van der Waals surface area contributed by atoms with Crippen molar-refractivity contribution >= 4 is 16.0 Å². The molecule has 96 valence electrons. The number of aromatic nitrogens is 3. The van der Waals surface area contributed by atoms with E-state index in [1.807, 2.05) is 31.2 Å². The highest BCUT2D eigenvalue weighted by Gasteiger charge is 2.07. The van der Waals surface area contributed by atoms with E-state index >= 15 is 0 Å². The van der Waals surface area contributed by atoms with E-state index in [1.165, 1.54) is 6.33 Å². The van der Waals surface area contributed by atoms with Crippen LogP contribution in [0.3, 0.4) is 0 Å². The van der Waals surface area contributed by atoms with Crippen LogP contribution < -0.4 is 4.72 Å². The Bertz CT molecular complexity index is 649. The SMILES string of the molecule is Cc1ccccc1Cn1cnc(NS(C)(=O)=O)n1. The second-order valence-electron chi connectivity index (χ2n) is 4.07. The Morgan fingerprint density at radius 3 is 2.72 bits per heavy atom. The van der Waals surface area contributed by atoms with Gasteiger partial charge in [0.05, 0.1) is 12.8 Å². The van der Waals surface area contributed by atoms with Gasteiger partial charge in [-0.1, -0.05) is 24.3 Å². The Hall–Kier alpha value is -1.89. The fourth-order valence-corrected chi connectivity index (χ4v) is 1.97. The van der Waals surface area contributed by atoms with E-state index < -0.39 is 10.0 Å². The van der Waals surface area contributed by atoms with Crippen LogP contribution in [0.5, 0.6) is 0 Å². The molecule has 2 rings (SSSR count). The van der Waals surface area contributed by atoms with E-state index in [-0.39, 0.29) is 5.95 Å². The average molecular weight is 266 g/mol. The van der Waals surface area contributed by atoms with E-state index in [0.29, 0.717) is 6.54 Å². The zero-order valence-corrected chi connectivity index (χ0v) is 11.0. The molecule has 0 atom stereocenters. The van der Waals surface area contributed by atoms with Crippen LogP contribution in [0.4, 0.5) is 5.95 Å². The summed E-state index contributed by atoms with van der Waals surface area (Å²) in [5.74, 6) is 0.0890. The van der Waals surface area contributed by atoms with Crippen LogP contribution in [-0.4, -0.2) is 29.4 Å². The second-order valence-corrected chi connectivity index (χ2v) is 5.81. The van der Waals surface area contributed by atoms with E-state index in [0.717, 1.165) is 17.4 Å². The molecule has 0 bridgehead atoms. The van der Waals surface area contributed by atoms with Gasteiger partial charge >= 0.3 is 0 Å². The smallest absolute Gasteiger partial charge is 0.250 e. The van der Waals surface area contributed by atoms with Gasteiger partial charge in [0, 0.05) is 0 Å². The number of nitrogens with zero attached hydrogens (tertiary/aromatic N) is 3. The molecule has 2 aromatic rings. The normalized spacial score (nSPS) is 11.4. The summed E-state index contributed by atoms with van der Waals surface area (Å²) in [5.41, 5.74) is 2.28. The lowest BCUT2D eigenvalue weighted by molar-refractivity contribution is 0.606. The van der Waals surface area contributed by atoms with Crippen LogP contribution in [0.2, 0.25) is 0 Å². The van der Waals surface area contributed by atoms with Crippen molar-refractivity contribution in [2.75, 3.05) is 11.0 Å². The van der Waals surface area contributed by atoms with Crippen LogP contribution >= 0.6 is 0 Å². The molecule has 0 radical (unpaired) electrons. The van der Waals surface area contributed by atoms with Crippen LogP contribution in [0.1, 0.15) is 11.1 Å². The molecule has 0 spiro atoms. The minimum atomic E-state index is -3.33. The number of benzene rings is 1. The highest BCUT2D eigenvalue weighted by atomic mass is 32.2. The monoisotopic (exact) mass is 266 g/mol. The standard InChI is InChI=1S/C11H14N4O2S/c1-9-5-3-4-6-10(9)7-15-8-12-11(13-15)14-18(2,16)17/h3-6,8H,7H2,1-2H3,(H,13,14). The summed E-state index contributed by atoms with van der Waals surface area (Å²) in [6.07, 6.45) is 2.56. The first-order chi connectivity index (χ1) is 8.44. The van der Waals surface area contributed by atoms with Gasteiger partial charge < -0.3 is 0 Å². The molecule has 0 aliphatic rings. The predicted molar refractivity (Wildman–Crippen MR) is 68.8 cm³/mol. The zero-order valence-electron chi connectivity index (χ0n) is 10.2. The Kier molecular flexibility index (Phi) is 3.33. The van der Waals surface area contributed by atoms with E-state index in [4.69, 9.17) is 0 Å². The zero-order chi connectivity index (χ0) is 13.2. The predicted octanol–water partition coefficient (Wildman–Crippen LogP) is 1.01. The van der Waals surface area contributed by atoms with Gasteiger partial charge in [-0.3, -0.25) is 4.72 Å². The molecule has 0 fully saturated rings. The van der Waals surface area contributed by atoms with Gasteiger partial charge in [-0.2, -0.15) is 4.98 Å². The molecule has 1 heterocycles. The molecule has 0 aliphatic heterocycles. The van der Waals surface area contributed by atoms with Crippen molar-refractivity contribution in [3.63, 3.8) is 0 Å². The fourth-order valence-electron chi connectivity index (χ4n) is 1.55. The molecule has 0 saturated carbocycles. The Balaban J connectivity index is 2.14. The lowest BCUT2D eigenvalue weighted by Crippen LogP contribution is -2.11. The molecule has 0 amide bonds. The first kappa shape index (κ1) is 12.6. The highest BCUT2D eigenvalue weighted by molar-refractivity contribution is 7.91. The van der Waals surface area contributed by atoms with Crippen LogP contribution in [0.25, 0.3) is 0 Å². The van der Waals surface area contributed by atoms with E-state index in [2.05, 4.69) is 14.8 Å². The maximum Gasteiger partial charge on any atom is 0.255 e. The molecule has 1 aromatic heterocycles. The van der Waals surface area contributed by atoms with Crippen molar-refractivity contribution in [2.24, 2.45) is 0 Å². The van der Waals surface area contributed by atoms with Crippen LogP contribution in [-0.2, 0) is 16.6 Å². The van der Waals surface area contributed by atoms with Gasteiger partial charge in [0.25, 0.3) is 5.95 Å². The largest absolute Gasteiger partial charge is 0.255 e. The summed E-state index contributed by atoms with van der Waals surface area (Å²) >= 11 is 0. The van der Waals surface area contributed by atoms with Crippen LogP contribution in [0, 0.1) is 6.92 Å². The maximum atomic E-state index is 11.0. The minimum Gasteiger partial charge on any atom is -0.250 e. The summed E-state index contributed by atoms with van der Waals surface area (Å²) < 4.78 is 25.9. The van der Waals surface area contributed by atoms with Crippen molar-refractivity contribution in [3.8, 4) is 0 Å². The number of nitrogens with one attached hydrogen (secondary N) is 1. The summed E-state index contributed by atoms with van der Waals surface area (Å²) in [7, 11) is -3.33. The van der Waals surface area contributed by atoms with Gasteiger partial charge in [0.2, 0.25) is 10.0 Å². The minimum absolute atomic E-state index is 0.0890. The maximum absolute atomic E-state index is 11.0. The molecule has 0 saturated heterocycles. The Labute approximate surface area is 106 Å². The summed E-state index contributed by atoms with van der Waals surface area (Å²) in [4.78, 5) is 3.89. The topological polar surface area (TPSA) is 76.9 Å². The highest BCUT2D eigenvalue weighted by Crippen LogP contribution is 2.09.